The van der Waals surface area contributed by atoms with Gasteiger partial charge in [-0.2, -0.15) is 0 Å². The summed E-state index contributed by atoms with van der Waals surface area (Å²) in [4.78, 5) is 7.78. The number of rotatable bonds is 5. The topological polar surface area (TPSA) is 50.7 Å². The van der Waals surface area contributed by atoms with Gasteiger partial charge in [0.05, 0.1) is 6.54 Å². The molecule has 0 radical (unpaired) electrons. The van der Waals surface area contributed by atoms with Crippen molar-refractivity contribution in [1.82, 2.24) is 0 Å². The lowest BCUT2D eigenvalue weighted by Gasteiger charge is -2.44. The predicted octanol–water partition coefficient (Wildman–Crippen LogP) is 2.51. The van der Waals surface area contributed by atoms with Crippen LogP contribution in [0.2, 0.25) is 0 Å². The summed E-state index contributed by atoms with van der Waals surface area (Å²) in [6.45, 7) is 5.04. The molecule has 0 aromatic rings. The highest BCUT2D eigenvalue weighted by atomic mass is 19.3. The molecule has 1 saturated carbocycles. The predicted molar refractivity (Wildman–Crippen MR) is 69.4 cm³/mol. The molecular formula is C13H21F2N3. The Morgan fingerprint density at radius 3 is 2.61 bits per heavy atom. The van der Waals surface area contributed by atoms with E-state index < -0.39 is 6.43 Å². The fourth-order valence-electron chi connectivity index (χ4n) is 2.52. The van der Waals surface area contributed by atoms with E-state index in [1.54, 1.807) is 6.21 Å². The lowest BCUT2D eigenvalue weighted by molar-refractivity contribution is 0.138. The highest BCUT2D eigenvalue weighted by Gasteiger charge is 2.46. The van der Waals surface area contributed by atoms with E-state index >= 15 is 0 Å². The van der Waals surface area contributed by atoms with Crippen LogP contribution in [0.25, 0.3) is 0 Å². The minimum Gasteiger partial charge on any atom is -0.330 e. The number of nitrogens with two attached hydrogens (primary N) is 1. The van der Waals surface area contributed by atoms with Gasteiger partial charge in [0.15, 0.2) is 5.84 Å². The second-order valence-electron chi connectivity index (χ2n) is 6.06. The van der Waals surface area contributed by atoms with Gasteiger partial charge >= 0.3 is 0 Å². The van der Waals surface area contributed by atoms with Gasteiger partial charge in [-0.1, -0.05) is 26.7 Å². The Hall–Kier alpha value is -0.840. The first-order valence-corrected chi connectivity index (χ1v) is 6.48. The SMILES string of the molecule is CC1(C(C)(CN)CC2CC2)C=NC(C(F)F)=NC1. The molecule has 1 aliphatic heterocycles. The van der Waals surface area contributed by atoms with Crippen LogP contribution in [0.3, 0.4) is 0 Å². The molecule has 2 aliphatic rings. The Bertz CT molecular complexity index is 376. The largest absolute Gasteiger partial charge is 0.330 e. The third-order valence-corrected chi connectivity index (χ3v) is 4.51. The summed E-state index contributed by atoms with van der Waals surface area (Å²) in [5.74, 6) is 0.391. The fourth-order valence-corrected chi connectivity index (χ4v) is 2.52. The maximum Gasteiger partial charge on any atom is 0.296 e. The van der Waals surface area contributed by atoms with Gasteiger partial charge in [-0.3, -0.25) is 4.99 Å². The molecule has 3 nitrogen and oxygen atoms in total. The van der Waals surface area contributed by atoms with Crippen molar-refractivity contribution in [2.24, 2.45) is 32.5 Å². The number of aliphatic imine (C=N–C) groups is 2. The number of halogens is 2. The van der Waals surface area contributed by atoms with Gasteiger partial charge in [-0.15, -0.1) is 0 Å². The molecule has 0 spiro atoms. The number of alkyl halides is 2. The van der Waals surface area contributed by atoms with E-state index in [2.05, 4.69) is 16.9 Å². The first-order valence-electron chi connectivity index (χ1n) is 6.48. The second-order valence-corrected chi connectivity index (χ2v) is 6.06. The van der Waals surface area contributed by atoms with Crippen LogP contribution >= 0.6 is 0 Å². The first-order chi connectivity index (χ1) is 8.40. The van der Waals surface area contributed by atoms with Crippen molar-refractivity contribution in [2.45, 2.75) is 39.5 Å². The van der Waals surface area contributed by atoms with Crippen molar-refractivity contribution in [2.75, 3.05) is 13.1 Å². The fraction of sp³-hybridized carbons (Fsp3) is 0.846. The van der Waals surface area contributed by atoms with Crippen molar-refractivity contribution >= 4 is 12.1 Å². The van der Waals surface area contributed by atoms with Crippen LogP contribution in [0.5, 0.6) is 0 Å². The summed E-state index contributed by atoms with van der Waals surface area (Å²) < 4.78 is 25.0. The third-order valence-electron chi connectivity index (χ3n) is 4.51. The normalized spacial score (nSPS) is 31.3. The lowest BCUT2D eigenvalue weighted by Crippen LogP contribution is -2.48. The molecular weight excluding hydrogens is 236 g/mol. The third kappa shape index (κ3) is 2.46. The second kappa shape index (κ2) is 4.68. The molecule has 0 aromatic carbocycles. The molecule has 5 heteroatoms. The van der Waals surface area contributed by atoms with Gasteiger partial charge < -0.3 is 5.73 Å². The maximum absolute atomic E-state index is 12.5. The van der Waals surface area contributed by atoms with Crippen LogP contribution in [0.15, 0.2) is 9.98 Å². The summed E-state index contributed by atoms with van der Waals surface area (Å²) >= 11 is 0. The Morgan fingerprint density at radius 1 is 1.56 bits per heavy atom. The Kier molecular flexibility index (Phi) is 3.54. The van der Waals surface area contributed by atoms with Gasteiger partial charge in [0.1, 0.15) is 0 Å². The van der Waals surface area contributed by atoms with E-state index in [0.717, 1.165) is 12.3 Å². The van der Waals surface area contributed by atoms with Crippen LogP contribution in [0, 0.1) is 16.7 Å². The van der Waals surface area contributed by atoms with Gasteiger partial charge in [0.25, 0.3) is 6.43 Å². The minimum absolute atomic E-state index is 0.116. The van der Waals surface area contributed by atoms with Crippen LogP contribution in [-0.4, -0.2) is 31.6 Å². The first kappa shape index (κ1) is 13.6. The van der Waals surface area contributed by atoms with Crippen LogP contribution in [0.4, 0.5) is 8.78 Å². The minimum atomic E-state index is -2.58. The van der Waals surface area contributed by atoms with Crippen LogP contribution in [-0.2, 0) is 0 Å². The summed E-state index contributed by atoms with van der Waals surface area (Å²) in [6, 6.07) is 0. The van der Waals surface area contributed by atoms with Crippen molar-refractivity contribution in [3.63, 3.8) is 0 Å². The van der Waals surface area contributed by atoms with E-state index in [0.29, 0.717) is 13.1 Å². The highest BCUT2D eigenvalue weighted by Crippen LogP contribution is 2.48. The van der Waals surface area contributed by atoms with Crippen LogP contribution < -0.4 is 5.73 Å². The van der Waals surface area contributed by atoms with E-state index in [1.165, 1.54) is 12.8 Å². The monoisotopic (exact) mass is 257 g/mol. The number of amidine groups is 1. The number of hydrogen-bond acceptors (Lipinski definition) is 3. The van der Waals surface area contributed by atoms with Gasteiger partial charge in [0.2, 0.25) is 0 Å². The average Bonchev–Trinajstić information content (AvgIpc) is 3.13. The molecule has 2 unspecified atom stereocenters. The zero-order valence-electron chi connectivity index (χ0n) is 11.0. The Balaban J connectivity index is 2.13. The smallest absolute Gasteiger partial charge is 0.296 e. The Morgan fingerprint density at radius 2 is 2.22 bits per heavy atom. The molecule has 2 N–H and O–H groups in total. The molecule has 0 aromatic heterocycles. The van der Waals surface area contributed by atoms with E-state index in [-0.39, 0.29) is 16.7 Å². The van der Waals surface area contributed by atoms with Crippen LogP contribution in [0.1, 0.15) is 33.1 Å². The number of nitrogens with zero attached hydrogens (tertiary/aromatic N) is 2. The molecule has 102 valence electrons. The molecule has 1 fully saturated rings. The molecule has 0 amide bonds. The van der Waals surface area contributed by atoms with Crippen molar-refractivity contribution in [1.29, 1.82) is 0 Å². The molecule has 0 bridgehead atoms. The van der Waals surface area contributed by atoms with E-state index in [9.17, 15) is 8.78 Å². The van der Waals surface area contributed by atoms with Gasteiger partial charge in [-0.25, -0.2) is 13.8 Å². The molecule has 2 atom stereocenters. The van der Waals surface area contributed by atoms with Crippen molar-refractivity contribution < 1.29 is 8.78 Å². The molecule has 18 heavy (non-hydrogen) atoms. The molecule has 2 rings (SSSR count). The van der Waals surface area contributed by atoms with Crippen molar-refractivity contribution in [3.05, 3.63) is 0 Å². The van der Waals surface area contributed by atoms with Crippen molar-refractivity contribution in [3.8, 4) is 0 Å². The molecule has 0 saturated heterocycles. The summed E-state index contributed by atoms with van der Waals surface area (Å²) in [5.41, 5.74) is 5.50. The molecule has 1 aliphatic carbocycles. The zero-order valence-corrected chi connectivity index (χ0v) is 11.0. The summed E-state index contributed by atoms with van der Waals surface area (Å²) in [5, 5.41) is 0. The lowest BCUT2D eigenvalue weighted by atomic mass is 9.63. The summed E-state index contributed by atoms with van der Waals surface area (Å²) in [6.07, 6.45) is 2.61. The Labute approximate surface area is 107 Å². The maximum atomic E-state index is 12.5. The highest BCUT2D eigenvalue weighted by molar-refractivity contribution is 5.95. The quantitative estimate of drug-likeness (QED) is 0.808. The standard InChI is InChI=1S/C13H21F2N3/c1-12(6-16,5-9-3-4-9)13(2)7-17-11(10(14)15)18-8-13/h7,9-10H,3-6,8,16H2,1-2H3. The van der Waals surface area contributed by atoms with Gasteiger partial charge in [0, 0.05) is 11.6 Å². The molecule has 1 heterocycles. The van der Waals surface area contributed by atoms with E-state index in [4.69, 9.17) is 5.73 Å². The van der Waals surface area contributed by atoms with E-state index in [1.807, 2.05) is 6.92 Å². The van der Waals surface area contributed by atoms with Gasteiger partial charge in [-0.05, 0) is 24.3 Å². The average molecular weight is 257 g/mol. The zero-order chi connectivity index (χ0) is 13.4. The number of hydrogen-bond donors (Lipinski definition) is 1. The summed E-state index contributed by atoms with van der Waals surface area (Å²) in [7, 11) is 0.